The smallest absolute Gasteiger partial charge is 0.227 e. The summed E-state index contributed by atoms with van der Waals surface area (Å²) in [5.74, 6) is 0.908. The highest BCUT2D eigenvalue weighted by molar-refractivity contribution is 5.80. The molecule has 2 aliphatic rings. The average Bonchev–Trinajstić information content (AvgIpc) is 2.86. The molecule has 4 rings (SSSR count). The topological polar surface area (TPSA) is 93.5 Å². The van der Waals surface area contributed by atoms with E-state index < -0.39 is 0 Å². The molecule has 0 bridgehead atoms. The first-order valence-electron chi connectivity index (χ1n) is 10.8. The van der Waals surface area contributed by atoms with Crippen LogP contribution in [0.25, 0.3) is 0 Å². The van der Waals surface area contributed by atoms with Gasteiger partial charge in [0.2, 0.25) is 5.91 Å². The molecule has 0 radical (unpaired) electrons. The Morgan fingerprint density at radius 2 is 1.77 bits per heavy atom. The highest BCUT2D eigenvalue weighted by atomic mass is 16.5. The minimum absolute atomic E-state index is 0.0614. The molecular formula is C24H30N2O5. The quantitative estimate of drug-likeness (QED) is 0.589. The van der Waals surface area contributed by atoms with Crippen molar-refractivity contribution in [2.24, 2.45) is 0 Å². The Hall–Kier alpha value is -2.93. The minimum atomic E-state index is -0.174. The molecule has 0 fully saturated rings. The maximum absolute atomic E-state index is 12.6. The van der Waals surface area contributed by atoms with E-state index in [9.17, 15) is 20.1 Å². The van der Waals surface area contributed by atoms with Crippen molar-refractivity contribution >= 4 is 5.91 Å². The summed E-state index contributed by atoms with van der Waals surface area (Å²) < 4.78 is 5.23. The van der Waals surface area contributed by atoms with Gasteiger partial charge in [0.05, 0.1) is 13.5 Å². The van der Waals surface area contributed by atoms with E-state index in [0.717, 1.165) is 37.1 Å². The zero-order chi connectivity index (χ0) is 22.1. The fourth-order valence-electron chi connectivity index (χ4n) is 4.71. The van der Waals surface area contributed by atoms with Gasteiger partial charge in [0.25, 0.3) is 0 Å². The normalized spacial score (nSPS) is 17.7. The van der Waals surface area contributed by atoms with Crippen molar-refractivity contribution in [1.29, 1.82) is 0 Å². The summed E-state index contributed by atoms with van der Waals surface area (Å²) in [6, 6.07) is 6.81. The van der Waals surface area contributed by atoms with E-state index in [-0.39, 0.29) is 29.6 Å². The average molecular weight is 427 g/mol. The van der Waals surface area contributed by atoms with E-state index in [1.54, 1.807) is 19.2 Å². The lowest BCUT2D eigenvalue weighted by atomic mass is 9.77. The number of phenolic OH excluding ortho intramolecular Hbond substituents is 3. The van der Waals surface area contributed by atoms with Crippen LogP contribution in [0.3, 0.4) is 0 Å². The highest BCUT2D eigenvalue weighted by Crippen LogP contribution is 2.42. The lowest BCUT2D eigenvalue weighted by molar-refractivity contribution is -0.130. The first-order valence-corrected chi connectivity index (χ1v) is 10.8. The number of nitrogens with zero attached hydrogens (tertiary/aromatic N) is 2. The molecule has 7 nitrogen and oxygen atoms in total. The molecule has 0 spiro atoms. The van der Waals surface area contributed by atoms with Crippen molar-refractivity contribution in [1.82, 2.24) is 9.80 Å². The van der Waals surface area contributed by atoms with Crippen molar-refractivity contribution in [3.8, 4) is 23.0 Å². The van der Waals surface area contributed by atoms with Crippen molar-refractivity contribution < 1.29 is 24.9 Å². The standard InChI is InChI=1S/C24H30N2O5/c1-25(14-18-8-17-11-22(29)23(31-2)13-19(17)18)5-3-6-26-7-4-15-9-20(27)21(28)10-16(15)12-24(26)30/h9-11,13,18,27-29H,3-8,12,14H2,1-2H3/t18-/m1/s1. The van der Waals surface area contributed by atoms with Crippen molar-refractivity contribution in [3.63, 3.8) is 0 Å². The third-order valence-electron chi connectivity index (χ3n) is 6.49. The molecule has 2 aromatic rings. The molecule has 1 amide bonds. The number of carbonyl (C=O) groups is 1. The summed E-state index contributed by atoms with van der Waals surface area (Å²) in [6.07, 6.45) is 2.78. The largest absolute Gasteiger partial charge is 0.504 e. The summed E-state index contributed by atoms with van der Waals surface area (Å²) in [5, 5.41) is 29.3. The predicted octanol–water partition coefficient (Wildman–Crippen LogP) is 2.40. The number of rotatable bonds is 7. The van der Waals surface area contributed by atoms with E-state index in [2.05, 4.69) is 11.9 Å². The van der Waals surface area contributed by atoms with Crippen LogP contribution in [-0.4, -0.2) is 71.4 Å². The van der Waals surface area contributed by atoms with Crippen LogP contribution in [-0.2, 0) is 24.1 Å². The molecule has 0 saturated carbocycles. The Kier molecular flexibility index (Phi) is 5.96. The highest BCUT2D eigenvalue weighted by Gasteiger charge is 2.29. The van der Waals surface area contributed by atoms with Gasteiger partial charge in [-0.15, -0.1) is 0 Å². The van der Waals surface area contributed by atoms with Crippen molar-refractivity contribution in [3.05, 3.63) is 46.5 Å². The van der Waals surface area contributed by atoms with Gasteiger partial charge in [-0.05, 0) is 79.4 Å². The van der Waals surface area contributed by atoms with E-state index >= 15 is 0 Å². The van der Waals surface area contributed by atoms with Gasteiger partial charge in [0, 0.05) is 25.6 Å². The number of fused-ring (bicyclic) bond motifs is 2. The molecule has 7 heteroatoms. The second-order valence-corrected chi connectivity index (χ2v) is 8.66. The fourth-order valence-corrected chi connectivity index (χ4v) is 4.71. The molecule has 1 aliphatic heterocycles. The summed E-state index contributed by atoms with van der Waals surface area (Å²) >= 11 is 0. The summed E-state index contributed by atoms with van der Waals surface area (Å²) in [6.45, 7) is 3.13. The van der Waals surface area contributed by atoms with E-state index in [4.69, 9.17) is 4.74 Å². The van der Waals surface area contributed by atoms with Gasteiger partial charge in [-0.1, -0.05) is 0 Å². The van der Waals surface area contributed by atoms with Crippen LogP contribution in [0.2, 0.25) is 0 Å². The molecule has 31 heavy (non-hydrogen) atoms. The van der Waals surface area contributed by atoms with E-state index in [0.29, 0.717) is 31.2 Å². The molecule has 1 atom stereocenters. The number of methoxy groups -OCH3 is 1. The van der Waals surface area contributed by atoms with Gasteiger partial charge in [-0.25, -0.2) is 0 Å². The number of hydrogen-bond acceptors (Lipinski definition) is 6. The van der Waals surface area contributed by atoms with Crippen molar-refractivity contribution in [2.75, 3.05) is 40.3 Å². The molecule has 3 N–H and O–H groups in total. The summed E-state index contributed by atoms with van der Waals surface area (Å²) in [5.41, 5.74) is 4.15. The molecule has 0 unspecified atom stereocenters. The zero-order valence-electron chi connectivity index (χ0n) is 18.1. The molecular weight excluding hydrogens is 396 g/mol. The van der Waals surface area contributed by atoms with Crippen LogP contribution in [0.15, 0.2) is 24.3 Å². The van der Waals surface area contributed by atoms with Crippen LogP contribution < -0.4 is 4.74 Å². The number of likely N-dealkylation sites (N-methyl/N-ethyl adjacent to an activating group) is 1. The van der Waals surface area contributed by atoms with Gasteiger partial charge >= 0.3 is 0 Å². The van der Waals surface area contributed by atoms with Gasteiger partial charge in [0.1, 0.15) is 0 Å². The number of aromatic hydroxyl groups is 3. The number of phenols is 3. The van der Waals surface area contributed by atoms with E-state index in [1.165, 1.54) is 17.2 Å². The number of hydrogen-bond donors (Lipinski definition) is 3. The van der Waals surface area contributed by atoms with Crippen LogP contribution in [0.1, 0.15) is 34.6 Å². The Labute approximate surface area is 182 Å². The lowest BCUT2D eigenvalue weighted by Gasteiger charge is -2.34. The van der Waals surface area contributed by atoms with Gasteiger partial charge < -0.3 is 29.9 Å². The second-order valence-electron chi connectivity index (χ2n) is 8.66. The summed E-state index contributed by atoms with van der Waals surface area (Å²) in [4.78, 5) is 16.8. The number of ether oxygens (including phenoxy) is 1. The van der Waals surface area contributed by atoms with E-state index in [1.807, 2.05) is 11.0 Å². The Balaban J connectivity index is 1.26. The van der Waals surface area contributed by atoms with Gasteiger partial charge in [-0.2, -0.15) is 0 Å². The molecule has 0 saturated heterocycles. The molecule has 166 valence electrons. The minimum Gasteiger partial charge on any atom is -0.504 e. The first-order chi connectivity index (χ1) is 14.9. The predicted molar refractivity (Wildman–Crippen MR) is 117 cm³/mol. The van der Waals surface area contributed by atoms with Crippen LogP contribution in [0, 0.1) is 0 Å². The Morgan fingerprint density at radius 3 is 2.52 bits per heavy atom. The zero-order valence-corrected chi connectivity index (χ0v) is 18.1. The second kappa shape index (κ2) is 8.67. The third kappa shape index (κ3) is 4.42. The number of carbonyl (C=O) groups excluding carboxylic acids is 1. The van der Waals surface area contributed by atoms with Gasteiger partial charge in [0.15, 0.2) is 23.0 Å². The molecule has 2 aromatic carbocycles. The molecule has 0 aromatic heterocycles. The molecule has 1 heterocycles. The van der Waals surface area contributed by atoms with Gasteiger partial charge in [-0.3, -0.25) is 4.79 Å². The van der Waals surface area contributed by atoms with Crippen LogP contribution in [0.5, 0.6) is 23.0 Å². The summed E-state index contributed by atoms with van der Waals surface area (Å²) in [7, 11) is 3.66. The Bertz CT molecular complexity index is 990. The fraction of sp³-hybridized carbons (Fsp3) is 0.458. The maximum atomic E-state index is 12.6. The number of benzene rings is 2. The maximum Gasteiger partial charge on any atom is 0.227 e. The SMILES string of the molecule is COc1cc2c(cc1O)C[C@@H]2CN(C)CCCN1CCc2cc(O)c(O)cc2CC1=O. The Morgan fingerprint density at radius 1 is 1.06 bits per heavy atom. The molecule has 1 aliphatic carbocycles. The van der Waals surface area contributed by atoms with Crippen molar-refractivity contribution in [2.45, 2.75) is 31.6 Å². The van der Waals surface area contributed by atoms with Crippen LogP contribution in [0.4, 0.5) is 0 Å². The third-order valence-corrected chi connectivity index (χ3v) is 6.49. The number of amides is 1. The first kappa shape index (κ1) is 21.3. The lowest BCUT2D eigenvalue weighted by Crippen LogP contribution is -2.36. The monoisotopic (exact) mass is 426 g/mol. The van der Waals surface area contributed by atoms with Crippen LogP contribution >= 0.6 is 0 Å².